The summed E-state index contributed by atoms with van der Waals surface area (Å²) >= 11 is 3.39. The van der Waals surface area contributed by atoms with E-state index in [1.807, 2.05) is 19.9 Å². The molecule has 9 heteroatoms. The third kappa shape index (κ3) is 5.81. The number of amides is 1. The minimum Gasteiger partial charge on any atom is -0.484 e. The van der Waals surface area contributed by atoms with Crippen molar-refractivity contribution in [1.82, 2.24) is 9.66 Å². The number of nitrogens with zero attached hydrogens (tertiary/aromatic N) is 3. The molecule has 4 rings (SSSR count). The maximum Gasteiger partial charge on any atom is 0.282 e. The number of benzene rings is 3. The van der Waals surface area contributed by atoms with E-state index in [1.165, 1.54) is 23.0 Å². The maximum absolute atomic E-state index is 13.7. The number of carbonyl (C=O) groups excluding carboxylic acids is 1. The molecule has 178 valence electrons. The van der Waals surface area contributed by atoms with Crippen LogP contribution in [0.4, 0.5) is 10.1 Å². The number of hydrogen-bond acceptors (Lipinski definition) is 5. The monoisotopic (exact) mass is 536 g/mol. The number of aromatic nitrogens is 2. The third-order valence-electron chi connectivity index (χ3n) is 5.05. The molecule has 0 aliphatic rings. The fraction of sp³-hybridized carbons (Fsp3) is 0.154. The Balaban J connectivity index is 1.53. The van der Waals surface area contributed by atoms with Gasteiger partial charge in [0.15, 0.2) is 6.61 Å². The Morgan fingerprint density at radius 1 is 1.17 bits per heavy atom. The Labute approximate surface area is 209 Å². The number of nitrogens with one attached hydrogen (secondary N) is 1. The molecule has 0 radical (unpaired) electrons. The van der Waals surface area contributed by atoms with Crippen molar-refractivity contribution in [2.24, 2.45) is 5.10 Å². The normalized spacial score (nSPS) is 11.3. The van der Waals surface area contributed by atoms with Crippen LogP contribution in [0.5, 0.6) is 5.75 Å². The number of anilines is 1. The van der Waals surface area contributed by atoms with E-state index in [1.54, 1.807) is 48.5 Å². The fourth-order valence-electron chi connectivity index (χ4n) is 3.36. The number of halogens is 2. The molecule has 1 heterocycles. The van der Waals surface area contributed by atoms with E-state index in [0.29, 0.717) is 28.0 Å². The predicted octanol–water partition coefficient (Wildman–Crippen LogP) is 5.32. The zero-order valence-corrected chi connectivity index (χ0v) is 20.6. The van der Waals surface area contributed by atoms with Crippen molar-refractivity contribution >= 4 is 44.6 Å². The van der Waals surface area contributed by atoms with Gasteiger partial charge >= 0.3 is 0 Å². The summed E-state index contributed by atoms with van der Waals surface area (Å²) in [6.45, 7) is 3.59. The second-order valence-corrected chi connectivity index (χ2v) is 8.95. The van der Waals surface area contributed by atoms with Crippen molar-refractivity contribution in [1.29, 1.82) is 0 Å². The highest BCUT2D eigenvalue weighted by Gasteiger charge is 2.14. The van der Waals surface area contributed by atoms with Crippen molar-refractivity contribution in [3.05, 3.63) is 98.8 Å². The summed E-state index contributed by atoms with van der Waals surface area (Å²) < 4.78 is 21.3. The Bertz CT molecular complexity index is 1480. The molecular formula is C26H22BrFN4O3. The van der Waals surface area contributed by atoms with E-state index in [9.17, 15) is 14.0 Å². The molecule has 0 saturated carbocycles. The first kappa shape index (κ1) is 24.3. The molecule has 0 fully saturated rings. The molecule has 0 spiro atoms. The number of para-hydroxylation sites is 1. The van der Waals surface area contributed by atoms with E-state index in [2.05, 4.69) is 31.3 Å². The first-order valence-electron chi connectivity index (χ1n) is 10.9. The van der Waals surface area contributed by atoms with Crippen LogP contribution < -0.4 is 15.6 Å². The second kappa shape index (κ2) is 10.6. The average molecular weight is 537 g/mol. The lowest BCUT2D eigenvalue weighted by Gasteiger charge is -2.12. The van der Waals surface area contributed by atoms with Gasteiger partial charge in [0.25, 0.3) is 11.5 Å². The minimum atomic E-state index is -0.523. The molecule has 3 aromatic carbocycles. The van der Waals surface area contributed by atoms with E-state index in [4.69, 9.17) is 4.74 Å². The van der Waals surface area contributed by atoms with Crippen LogP contribution in [0.25, 0.3) is 10.9 Å². The van der Waals surface area contributed by atoms with Crippen LogP contribution in [0.2, 0.25) is 0 Å². The number of hydrogen-bond donors (Lipinski definition) is 1. The highest BCUT2D eigenvalue weighted by Crippen LogP contribution is 2.19. The Morgan fingerprint density at radius 2 is 1.97 bits per heavy atom. The highest BCUT2D eigenvalue weighted by atomic mass is 79.9. The van der Waals surface area contributed by atoms with Gasteiger partial charge in [-0.25, -0.2) is 9.37 Å². The molecule has 0 unspecified atom stereocenters. The van der Waals surface area contributed by atoms with Gasteiger partial charge in [-0.15, -0.1) is 0 Å². The van der Waals surface area contributed by atoms with Crippen molar-refractivity contribution in [2.45, 2.75) is 19.8 Å². The van der Waals surface area contributed by atoms with Gasteiger partial charge in [-0.1, -0.05) is 54.0 Å². The first-order valence-corrected chi connectivity index (χ1v) is 11.6. The molecule has 0 saturated heterocycles. The molecule has 35 heavy (non-hydrogen) atoms. The average Bonchev–Trinajstić information content (AvgIpc) is 2.84. The van der Waals surface area contributed by atoms with Crippen LogP contribution in [-0.4, -0.2) is 28.4 Å². The number of carbonyl (C=O) groups is 1. The lowest BCUT2D eigenvalue weighted by Crippen LogP contribution is -2.23. The highest BCUT2D eigenvalue weighted by molar-refractivity contribution is 9.10. The predicted molar refractivity (Wildman–Crippen MR) is 138 cm³/mol. The van der Waals surface area contributed by atoms with Crippen LogP contribution in [0.15, 0.2) is 81.1 Å². The van der Waals surface area contributed by atoms with Gasteiger partial charge < -0.3 is 10.1 Å². The molecule has 1 amide bonds. The van der Waals surface area contributed by atoms with Gasteiger partial charge in [0.2, 0.25) is 0 Å². The summed E-state index contributed by atoms with van der Waals surface area (Å²) in [6, 6.07) is 18.2. The fourth-order valence-corrected chi connectivity index (χ4v) is 3.72. The molecule has 7 nitrogen and oxygen atoms in total. The molecule has 0 atom stereocenters. The van der Waals surface area contributed by atoms with Crippen molar-refractivity contribution in [3.63, 3.8) is 0 Å². The Kier molecular flexibility index (Phi) is 7.36. The Morgan fingerprint density at radius 3 is 2.74 bits per heavy atom. The van der Waals surface area contributed by atoms with E-state index in [-0.39, 0.29) is 23.8 Å². The van der Waals surface area contributed by atoms with E-state index in [0.717, 1.165) is 4.47 Å². The Hall–Kier alpha value is -3.85. The first-order chi connectivity index (χ1) is 16.8. The van der Waals surface area contributed by atoms with Crippen molar-refractivity contribution < 1.29 is 13.9 Å². The summed E-state index contributed by atoms with van der Waals surface area (Å²) in [5, 5.41) is 7.33. The molecule has 0 aliphatic carbocycles. The summed E-state index contributed by atoms with van der Waals surface area (Å²) in [5.41, 5.74) is 1.09. The summed E-state index contributed by atoms with van der Waals surface area (Å²) in [7, 11) is 0. The van der Waals surface area contributed by atoms with E-state index >= 15 is 0 Å². The largest absolute Gasteiger partial charge is 0.484 e. The molecule has 1 N–H and O–H groups in total. The van der Waals surface area contributed by atoms with Crippen LogP contribution in [0.1, 0.15) is 31.2 Å². The van der Waals surface area contributed by atoms with Crippen LogP contribution in [0, 0.1) is 5.82 Å². The van der Waals surface area contributed by atoms with Gasteiger partial charge in [-0.2, -0.15) is 9.78 Å². The maximum atomic E-state index is 13.7. The molecule has 0 bridgehead atoms. The molecular weight excluding hydrogens is 515 g/mol. The lowest BCUT2D eigenvalue weighted by molar-refractivity contribution is -0.118. The molecule has 0 aliphatic heterocycles. The van der Waals surface area contributed by atoms with Gasteiger partial charge in [-0.05, 0) is 48.0 Å². The molecule has 1 aromatic heterocycles. The second-order valence-electron chi connectivity index (χ2n) is 8.04. The topological polar surface area (TPSA) is 85.6 Å². The zero-order valence-electron chi connectivity index (χ0n) is 19.0. The third-order valence-corrected chi connectivity index (χ3v) is 5.54. The van der Waals surface area contributed by atoms with Gasteiger partial charge in [0.1, 0.15) is 17.4 Å². The van der Waals surface area contributed by atoms with Crippen LogP contribution >= 0.6 is 15.9 Å². The van der Waals surface area contributed by atoms with Gasteiger partial charge in [0, 0.05) is 10.4 Å². The smallest absolute Gasteiger partial charge is 0.282 e. The zero-order chi connectivity index (χ0) is 24.9. The summed E-state index contributed by atoms with van der Waals surface area (Å²) in [6.07, 6.45) is 1.53. The number of fused-ring (bicyclic) bond motifs is 1. The van der Waals surface area contributed by atoms with E-state index < -0.39 is 11.7 Å². The minimum absolute atomic E-state index is 0.0319. The standard InChI is InChI=1S/C26H22BrFN4O3/c1-16(2)25-31-22-11-10-18(27)13-20(22)26(34)32(25)29-14-17-6-5-7-19(12-17)35-15-24(33)30-23-9-4-3-8-21(23)28/h3-14,16H,15H2,1-2H3,(H,30,33). The van der Waals surface area contributed by atoms with Crippen molar-refractivity contribution in [2.75, 3.05) is 11.9 Å². The van der Waals surface area contributed by atoms with Crippen LogP contribution in [-0.2, 0) is 4.79 Å². The lowest BCUT2D eigenvalue weighted by atomic mass is 10.2. The van der Waals surface area contributed by atoms with Crippen LogP contribution in [0.3, 0.4) is 0 Å². The summed E-state index contributed by atoms with van der Waals surface area (Å²) in [5.74, 6) is -0.0789. The summed E-state index contributed by atoms with van der Waals surface area (Å²) in [4.78, 5) is 29.9. The molecule has 4 aromatic rings. The van der Waals surface area contributed by atoms with Gasteiger partial charge in [0.05, 0.1) is 22.8 Å². The number of rotatable bonds is 7. The van der Waals surface area contributed by atoms with Crippen molar-refractivity contribution in [3.8, 4) is 5.75 Å². The van der Waals surface area contributed by atoms with Gasteiger partial charge in [-0.3, -0.25) is 9.59 Å². The quantitative estimate of drug-likeness (QED) is 0.324. The SMILES string of the molecule is CC(C)c1nc2ccc(Br)cc2c(=O)n1N=Cc1cccc(OCC(=O)Nc2ccccc2F)c1. The number of ether oxygens (including phenoxy) is 1.